The highest BCUT2D eigenvalue weighted by Gasteiger charge is 2.03. The van der Waals surface area contributed by atoms with Crippen LogP contribution in [0, 0.1) is 5.82 Å². The molecular weight excluding hydrogens is 247 g/mol. The molecule has 5 nitrogen and oxygen atoms in total. The molecule has 0 aliphatic carbocycles. The Bertz CT molecular complexity index is 536. The topological polar surface area (TPSA) is 59.1 Å². The van der Waals surface area contributed by atoms with Crippen molar-refractivity contribution in [3.05, 3.63) is 42.3 Å². The van der Waals surface area contributed by atoms with Gasteiger partial charge in [0.2, 0.25) is 5.95 Å². The van der Waals surface area contributed by atoms with Crippen molar-refractivity contribution in [2.45, 2.75) is 0 Å². The number of methoxy groups -OCH3 is 1. The number of anilines is 3. The molecule has 1 aromatic heterocycles. The van der Waals surface area contributed by atoms with Crippen molar-refractivity contribution in [3.8, 4) is 0 Å². The largest absolute Gasteiger partial charge is 0.383 e. The zero-order valence-electron chi connectivity index (χ0n) is 10.6. The van der Waals surface area contributed by atoms with Gasteiger partial charge < -0.3 is 15.4 Å². The summed E-state index contributed by atoms with van der Waals surface area (Å²) in [6, 6.07) is 8.12. The van der Waals surface area contributed by atoms with E-state index >= 15 is 0 Å². The molecule has 0 aliphatic rings. The summed E-state index contributed by atoms with van der Waals surface area (Å²) in [4.78, 5) is 8.27. The highest BCUT2D eigenvalue weighted by Crippen LogP contribution is 2.17. The molecule has 0 spiro atoms. The van der Waals surface area contributed by atoms with E-state index < -0.39 is 0 Å². The van der Waals surface area contributed by atoms with Crippen LogP contribution < -0.4 is 10.6 Å². The number of ether oxygens (including phenoxy) is 1. The van der Waals surface area contributed by atoms with Crippen molar-refractivity contribution >= 4 is 17.5 Å². The minimum Gasteiger partial charge on any atom is -0.383 e. The number of rotatable bonds is 6. The summed E-state index contributed by atoms with van der Waals surface area (Å²) < 4.78 is 18.4. The van der Waals surface area contributed by atoms with Crippen molar-refractivity contribution < 1.29 is 9.13 Å². The fraction of sp³-hybridized carbons (Fsp3) is 0.231. The molecule has 0 amide bonds. The lowest BCUT2D eigenvalue weighted by molar-refractivity contribution is 0.210. The van der Waals surface area contributed by atoms with Crippen LogP contribution in [0.15, 0.2) is 36.5 Å². The predicted octanol–water partition coefficient (Wildman–Crippen LogP) is 2.42. The van der Waals surface area contributed by atoms with E-state index in [1.807, 2.05) is 0 Å². The van der Waals surface area contributed by atoms with Gasteiger partial charge in [-0.15, -0.1) is 0 Å². The van der Waals surface area contributed by atoms with Gasteiger partial charge in [-0.05, 0) is 18.2 Å². The second kappa shape index (κ2) is 6.65. The normalized spacial score (nSPS) is 10.2. The molecule has 0 unspecified atom stereocenters. The molecule has 0 bridgehead atoms. The summed E-state index contributed by atoms with van der Waals surface area (Å²) >= 11 is 0. The fourth-order valence-corrected chi connectivity index (χ4v) is 1.48. The first-order valence-electron chi connectivity index (χ1n) is 5.87. The third-order valence-electron chi connectivity index (χ3n) is 2.39. The van der Waals surface area contributed by atoms with Gasteiger partial charge in [-0.1, -0.05) is 12.1 Å². The zero-order chi connectivity index (χ0) is 13.5. The first-order valence-corrected chi connectivity index (χ1v) is 5.87. The van der Waals surface area contributed by atoms with Crippen LogP contribution in [0.2, 0.25) is 0 Å². The van der Waals surface area contributed by atoms with E-state index in [0.717, 1.165) is 0 Å². The summed E-state index contributed by atoms with van der Waals surface area (Å²) in [6.45, 7) is 1.23. The third kappa shape index (κ3) is 3.89. The molecule has 6 heteroatoms. The zero-order valence-corrected chi connectivity index (χ0v) is 10.6. The van der Waals surface area contributed by atoms with Crippen LogP contribution >= 0.6 is 0 Å². The van der Waals surface area contributed by atoms with E-state index in [0.29, 0.717) is 30.6 Å². The molecule has 0 saturated carbocycles. The van der Waals surface area contributed by atoms with Gasteiger partial charge in [-0.25, -0.2) is 9.37 Å². The van der Waals surface area contributed by atoms with Gasteiger partial charge in [0.25, 0.3) is 0 Å². The first kappa shape index (κ1) is 13.2. The van der Waals surface area contributed by atoms with Gasteiger partial charge in [0.1, 0.15) is 11.6 Å². The third-order valence-corrected chi connectivity index (χ3v) is 2.39. The Morgan fingerprint density at radius 2 is 2.11 bits per heavy atom. The smallest absolute Gasteiger partial charge is 0.229 e. The Kier molecular flexibility index (Phi) is 4.63. The summed E-state index contributed by atoms with van der Waals surface area (Å²) in [7, 11) is 1.63. The average molecular weight is 262 g/mol. The highest BCUT2D eigenvalue weighted by molar-refractivity contribution is 5.55. The molecule has 2 aromatic rings. The van der Waals surface area contributed by atoms with Crippen LogP contribution in [0.3, 0.4) is 0 Å². The summed E-state index contributed by atoms with van der Waals surface area (Å²) in [5.74, 6) is 0.655. The Hall–Kier alpha value is -2.21. The van der Waals surface area contributed by atoms with Crippen LogP contribution in [0.25, 0.3) is 0 Å². The number of para-hydroxylation sites is 1. The maximum Gasteiger partial charge on any atom is 0.229 e. The van der Waals surface area contributed by atoms with E-state index in [2.05, 4.69) is 20.6 Å². The Labute approximate surface area is 110 Å². The molecule has 1 heterocycles. The Morgan fingerprint density at radius 3 is 2.89 bits per heavy atom. The number of hydrogen-bond donors (Lipinski definition) is 2. The summed E-state index contributed by atoms with van der Waals surface area (Å²) in [5.41, 5.74) is 0.344. The molecule has 19 heavy (non-hydrogen) atoms. The van der Waals surface area contributed by atoms with E-state index in [9.17, 15) is 4.39 Å². The van der Waals surface area contributed by atoms with E-state index in [1.165, 1.54) is 6.07 Å². The highest BCUT2D eigenvalue weighted by atomic mass is 19.1. The van der Waals surface area contributed by atoms with Crippen LogP contribution in [-0.4, -0.2) is 30.2 Å². The molecule has 0 atom stereocenters. The molecule has 0 aliphatic heterocycles. The van der Waals surface area contributed by atoms with Crippen LogP contribution in [0.1, 0.15) is 0 Å². The number of aromatic nitrogens is 2. The van der Waals surface area contributed by atoms with E-state index in [1.54, 1.807) is 37.6 Å². The minimum absolute atomic E-state index is 0.340. The maximum absolute atomic E-state index is 13.5. The lowest BCUT2D eigenvalue weighted by atomic mass is 10.3. The number of hydrogen-bond acceptors (Lipinski definition) is 5. The van der Waals surface area contributed by atoms with Gasteiger partial charge in [0.15, 0.2) is 0 Å². The predicted molar refractivity (Wildman–Crippen MR) is 72.1 cm³/mol. The van der Waals surface area contributed by atoms with Gasteiger partial charge in [-0.2, -0.15) is 4.98 Å². The molecule has 0 fully saturated rings. The summed E-state index contributed by atoms with van der Waals surface area (Å²) in [6.07, 6.45) is 1.60. The summed E-state index contributed by atoms with van der Waals surface area (Å²) in [5, 5.41) is 5.91. The first-order chi connectivity index (χ1) is 9.29. The molecule has 2 N–H and O–H groups in total. The molecule has 0 saturated heterocycles. The second-order valence-corrected chi connectivity index (χ2v) is 3.79. The van der Waals surface area contributed by atoms with Crippen molar-refractivity contribution in [1.82, 2.24) is 9.97 Å². The Morgan fingerprint density at radius 1 is 1.26 bits per heavy atom. The lowest BCUT2D eigenvalue weighted by Gasteiger charge is -2.08. The lowest BCUT2D eigenvalue weighted by Crippen LogP contribution is -2.09. The number of nitrogens with one attached hydrogen (secondary N) is 2. The standard InChI is InChI=1S/C13H15FN4O/c1-19-9-8-15-12-6-7-16-13(18-12)17-11-5-3-2-4-10(11)14/h2-7H,8-9H2,1H3,(H2,15,16,17,18). The van der Waals surface area contributed by atoms with Gasteiger partial charge >= 0.3 is 0 Å². The monoisotopic (exact) mass is 262 g/mol. The Balaban J connectivity index is 2.05. The average Bonchev–Trinajstić information content (AvgIpc) is 2.42. The van der Waals surface area contributed by atoms with E-state index in [-0.39, 0.29) is 5.82 Å². The van der Waals surface area contributed by atoms with Crippen molar-refractivity contribution in [2.75, 3.05) is 30.9 Å². The van der Waals surface area contributed by atoms with E-state index in [4.69, 9.17) is 4.74 Å². The number of halogens is 1. The number of nitrogens with zero attached hydrogens (tertiary/aromatic N) is 2. The van der Waals surface area contributed by atoms with Crippen molar-refractivity contribution in [2.24, 2.45) is 0 Å². The van der Waals surface area contributed by atoms with Gasteiger partial charge in [0.05, 0.1) is 12.3 Å². The van der Waals surface area contributed by atoms with Gasteiger partial charge in [0, 0.05) is 19.9 Å². The van der Waals surface area contributed by atoms with Crippen LogP contribution in [-0.2, 0) is 4.74 Å². The van der Waals surface area contributed by atoms with Crippen molar-refractivity contribution in [1.29, 1.82) is 0 Å². The van der Waals surface area contributed by atoms with Crippen molar-refractivity contribution in [3.63, 3.8) is 0 Å². The fourth-order valence-electron chi connectivity index (χ4n) is 1.48. The number of benzene rings is 1. The molecule has 2 rings (SSSR count). The second-order valence-electron chi connectivity index (χ2n) is 3.79. The maximum atomic E-state index is 13.5. The minimum atomic E-state index is -0.344. The molecule has 0 radical (unpaired) electrons. The SMILES string of the molecule is COCCNc1ccnc(Nc2ccccc2F)n1. The molecule has 1 aromatic carbocycles. The molecule has 100 valence electrons. The van der Waals surface area contributed by atoms with Crippen LogP contribution in [0.5, 0.6) is 0 Å². The van der Waals surface area contributed by atoms with Gasteiger partial charge in [-0.3, -0.25) is 0 Å². The van der Waals surface area contributed by atoms with Crippen LogP contribution in [0.4, 0.5) is 21.8 Å². The molecular formula is C13H15FN4O. The quantitative estimate of drug-likeness (QED) is 0.783.